The average Bonchev–Trinajstić information content (AvgIpc) is 2.46. The van der Waals surface area contributed by atoms with Crippen molar-refractivity contribution in [2.45, 2.75) is 6.10 Å². The fourth-order valence-electron chi connectivity index (χ4n) is 1.84. The molecule has 0 unspecified atom stereocenters. The molecule has 1 aliphatic rings. The normalized spacial score (nSPS) is 17.4. The van der Waals surface area contributed by atoms with Crippen molar-refractivity contribution in [2.24, 2.45) is 0 Å². The van der Waals surface area contributed by atoms with E-state index in [-0.39, 0.29) is 18.6 Å². The molecule has 1 heterocycles. The van der Waals surface area contributed by atoms with E-state index in [9.17, 15) is 9.90 Å². The number of rotatable bonds is 5. The van der Waals surface area contributed by atoms with Crippen molar-refractivity contribution in [2.75, 3.05) is 40.9 Å². The van der Waals surface area contributed by atoms with Crippen LogP contribution < -0.4 is 10.2 Å². The summed E-state index contributed by atoms with van der Waals surface area (Å²) in [5.41, 5.74) is 1.82. The van der Waals surface area contributed by atoms with Gasteiger partial charge < -0.3 is 20.1 Å². The van der Waals surface area contributed by atoms with E-state index in [0.717, 1.165) is 11.4 Å². The molecule has 0 aromatic heterocycles. The van der Waals surface area contributed by atoms with Crippen LogP contribution in [0.1, 0.15) is 0 Å². The number of carbonyl (C=O) groups excluding carboxylic acids is 1. The SMILES string of the molecule is O=C1COCCN1c1ccc(NC[C@H](O)CI)cc1. The van der Waals surface area contributed by atoms with Gasteiger partial charge in [0, 0.05) is 28.9 Å². The molecule has 104 valence electrons. The largest absolute Gasteiger partial charge is 0.390 e. The number of amides is 1. The van der Waals surface area contributed by atoms with Crippen molar-refractivity contribution in [3.63, 3.8) is 0 Å². The maximum Gasteiger partial charge on any atom is 0.253 e. The summed E-state index contributed by atoms with van der Waals surface area (Å²) in [5.74, 6) is -0.00714. The minimum atomic E-state index is -0.346. The summed E-state index contributed by atoms with van der Waals surface area (Å²) in [4.78, 5) is 13.4. The maximum atomic E-state index is 11.7. The lowest BCUT2D eigenvalue weighted by atomic mass is 10.2. The molecule has 0 saturated carbocycles. The molecule has 1 atom stereocenters. The minimum absolute atomic E-state index is 0.00714. The molecule has 0 spiro atoms. The van der Waals surface area contributed by atoms with Gasteiger partial charge in [0.1, 0.15) is 6.61 Å². The van der Waals surface area contributed by atoms with Crippen LogP contribution in [0.2, 0.25) is 0 Å². The van der Waals surface area contributed by atoms with E-state index in [0.29, 0.717) is 24.1 Å². The Morgan fingerprint density at radius 3 is 2.79 bits per heavy atom. The molecule has 19 heavy (non-hydrogen) atoms. The summed E-state index contributed by atoms with van der Waals surface area (Å²) in [5, 5.41) is 12.6. The Balaban J connectivity index is 1.95. The van der Waals surface area contributed by atoms with Crippen LogP contribution in [0.4, 0.5) is 11.4 Å². The summed E-state index contributed by atoms with van der Waals surface area (Å²) < 4.78 is 5.80. The smallest absolute Gasteiger partial charge is 0.253 e. The van der Waals surface area contributed by atoms with Gasteiger partial charge in [-0.1, -0.05) is 22.6 Å². The van der Waals surface area contributed by atoms with Crippen LogP contribution >= 0.6 is 22.6 Å². The minimum Gasteiger partial charge on any atom is -0.390 e. The molecule has 2 N–H and O–H groups in total. The molecule has 6 heteroatoms. The van der Waals surface area contributed by atoms with Gasteiger partial charge in [-0.25, -0.2) is 0 Å². The highest BCUT2D eigenvalue weighted by molar-refractivity contribution is 14.1. The van der Waals surface area contributed by atoms with Crippen LogP contribution in [-0.4, -0.2) is 47.8 Å². The quantitative estimate of drug-likeness (QED) is 0.600. The van der Waals surface area contributed by atoms with Gasteiger partial charge in [0.15, 0.2) is 0 Å². The number of nitrogens with zero attached hydrogens (tertiary/aromatic N) is 1. The fourth-order valence-corrected chi connectivity index (χ4v) is 2.15. The first kappa shape index (κ1) is 14.5. The number of carbonyl (C=O) groups is 1. The van der Waals surface area contributed by atoms with Crippen molar-refractivity contribution in [3.05, 3.63) is 24.3 Å². The first-order chi connectivity index (χ1) is 9.20. The van der Waals surface area contributed by atoms with E-state index in [1.165, 1.54) is 0 Å². The molecule has 1 fully saturated rings. The molecule has 1 aromatic carbocycles. The van der Waals surface area contributed by atoms with Crippen LogP contribution in [0.25, 0.3) is 0 Å². The van der Waals surface area contributed by atoms with Crippen molar-refractivity contribution in [1.82, 2.24) is 0 Å². The second-order valence-corrected chi connectivity index (χ2v) is 5.21. The first-order valence-corrected chi connectivity index (χ1v) is 7.69. The van der Waals surface area contributed by atoms with Gasteiger partial charge in [-0.2, -0.15) is 0 Å². The zero-order valence-corrected chi connectivity index (χ0v) is 12.7. The highest BCUT2D eigenvalue weighted by atomic mass is 127. The number of morpholine rings is 1. The number of anilines is 2. The highest BCUT2D eigenvalue weighted by Crippen LogP contribution is 2.19. The lowest BCUT2D eigenvalue weighted by Gasteiger charge is -2.27. The summed E-state index contributed by atoms with van der Waals surface area (Å²) in [6.45, 7) is 1.85. The Morgan fingerprint density at radius 1 is 1.42 bits per heavy atom. The molecule has 0 aliphatic carbocycles. The lowest BCUT2D eigenvalue weighted by Crippen LogP contribution is -2.41. The molecule has 0 radical (unpaired) electrons. The monoisotopic (exact) mass is 376 g/mol. The standard InChI is InChI=1S/C13H17IN2O3/c14-7-12(17)8-15-10-1-3-11(4-2-10)16-5-6-19-9-13(16)18/h1-4,12,15,17H,5-9H2/t12-/m1/s1. The zero-order valence-electron chi connectivity index (χ0n) is 10.5. The highest BCUT2D eigenvalue weighted by Gasteiger charge is 2.19. The second-order valence-electron chi connectivity index (χ2n) is 4.33. The molecule has 1 amide bonds. The number of nitrogens with one attached hydrogen (secondary N) is 1. The maximum absolute atomic E-state index is 11.7. The second kappa shape index (κ2) is 7.06. The number of hydrogen-bond acceptors (Lipinski definition) is 4. The van der Waals surface area contributed by atoms with Crippen molar-refractivity contribution >= 4 is 39.9 Å². The zero-order chi connectivity index (χ0) is 13.7. The van der Waals surface area contributed by atoms with Gasteiger partial charge in [0.25, 0.3) is 5.91 Å². The van der Waals surface area contributed by atoms with E-state index >= 15 is 0 Å². The van der Waals surface area contributed by atoms with Gasteiger partial charge in [-0.05, 0) is 24.3 Å². The average molecular weight is 376 g/mol. The Kier molecular flexibility index (Phi) is 5.41. The number of aliphatic hydroxyl groups excluding tert-OH is 1. The number of ether oxygens (including phenoxy) is 1. The van der Waals surface area contributed by atoms with E-state index < -0.39 is 0 Å². The predicted octanol–water partition coefficient (Wildman–Crippen LogP) is 1.26. The van der Waals surface area contributed by atoms with E-state index in [1.54, 1.807) is 4.90 Å². The predicted molar refractivity (Wildman–Crippen MR) is 83.0 cm³/mol. The summed E-state index contributed by atoms with van der Waals surface area (Å²) in [6, 6.07) is 7.64. The number of alkyl halides is 1. The molecule has 5 nitrogen and oxygen atoms in total. The van der Waals surface area contributed by atoms with Gasteiger partial charge in [0.05, 0.1) is 12.7 Å². The molecular formula is C13H17IN2O3. The van der Waals surface area contributed by atoms with Gasteiger partial charge in [-0.15, -0.1) is 0 Å². The summed E-state index contributed by atoms with van der Waals surface area (Å²) in [7, 11) is 0. The molecule has 1 aromatic rings. The van der Waals surface area contributed by atoms with E-state index in [4.69, 9.17) is 4.74 Å². The van der Waals surface area contributed by atoms with Crippen LogP contribution in [0, 0.1) is 0 Å². The van der Waals surface area contributed by atoms with E-state index in [2.05, 4.69) is 27.9 Å². The van der Waals surface area contributed by atoms with E-state index in [1.807, 2.05) is 24.3 Å². The number of hydrogen-bond donors (Lipinski definition) is 2. The molecule has 1 aliphatic heterocycles. The third-order valence-corrected chi connectivity index (χ3v) is 3.90. The Labute approximate surface area is 126 Å². The fraction of sp³-hybridized carbons (Fsp3) is 0.462. The first-order valence-electron chi connectivity index (χ1n) is 6.17. The Hall–Kier alpha value is -0.860. The van der Waals surface area contributed by atoms with Crippen LogP contribution in [-0.2, 0) is 9.53 Å². The van der Waals surface area contributed by atoms with Gasteiger partial charge in [-0.3, -0.25) is 4.79 Å². The van der Waals surface area contributed by atoms with Crippen molar-refractivity contribution in [3.8, 4) is 0 Å². The summed E-state index contributed by atoms with van der Waals surface area (Å²) in [6.07, 6.45) is -0.346. The lowest BCUT2D eigenvalue weighted by molar-refractivity contribution is -0.125. The molecule has 2 rings (SSSR count). The third kappa shape index (κ3) is 4.05. The van der Waals surface area contributed by atoms with Crippen LogP contribution in [0.3, 0.4) is 0 Å². The topological polar surface area (TPSA) is 61.8 Å². The Bertz CT molecular complexity index is 424. The number of halogens is 1. The van der Waals surface area contributed by atoms with Crippen molar-refractivity contribution in [1.29, 1.82) is 0 Å². The molecular weight excluding hydrogens is 359 g/mol. The van der Waals surface area contributed by atoms with Gasteiger partial charge >= 0.3 is 0 Å². The number of aliphatic hydroxyl groups is 1. The van der Waals surface area contributed by atoms with Gasteiger partial charge in [0.2, 0.25) is 0 Å². The summed E-state index contributed by atoms with van der Waals surface area (Å²) >= 11 is 2.15. The van der Waals surface area contributed by atoms with Crippen LogP contribution in [0.15, 0.2) is 24.3 Å². The van der Waals surface area contributed by atoms with Crippen LogP contribution in [0.5, 0.6) is 0 Å². The molecule has 1 saturated heterocycles. The Morgan fingerprint density at radius 2 is 2.16 bits per heavy atom. The molecule has 0 bridgehead atoms. The third-order valence-electron chi connectivity index (χ3n) is 2.88. The van der Waals surface area contributed by atoms with Crippen molar-refractivity contribution < 1.29 is 14.6 Å². The number of benzene rings is 1.